The highest BCUT2D eigenvalue weighted by atomic mass is 16.1. The number of nitrogen functional groups attached to an aromatic ring is 1. The molecule has 1 atom stereocenters. The average Bonchev–Trinajstić information content (AvgIpc) is 2.50. The third-order valence-electron chi connectivity index (χ3n) is 3.53. The number of carbonyl (C=O) groups excluding carboxylic acids is 1. The molecule has 0 saturated carbocycles. The molecule has 1 unspecified atom stereocenters. The largest absolute Gasteiger partial charge is 0.384 e. The fourth-order valence-electron chi connectivity index (χ4n) is 2.62. The summed E-state index contributed by atoms with van der Waals surface area (Å²) in [6.07, 6.45) is 2.70. The lowest BCUT2D eigenvalue weighted by Crippen LogP contribution is -2.39. The van der Waals surface area contributed by atoms with Gasteiger partial charge >= 0.3 is 0 Å². The van der Waals surface area contributed by atoms with E-state index in [0.29, 0.717) is 17.4 Å². The van der Waals surface area contributed by atoms with Crippen LogP contribution in [0.15, 0.2) is 12.3 Å². The molecule has 0 radical (unpaired) electrons. The summed E-state index contributed by atoms with van der Waals surface area (Å²) in [7, 11) is 2.11. The van der Waals surface area contributed by atoms with Crippen LogP contribution in [0, 0.1) is 0 Å². The van der Waals surface area contributed by atoms with Gasteiger partial charge in [-0.2, -0.15) is 0 Å². The van der Waals surface area contributed by atoms with E-state index in [1.54, 1.807) is 12.3 Å². The van der Waals surface area contributed by atoms with Crippen LogP contribution in [0.5, 0.6) is 0 Å². The van der Waals surface area contributed by atoms with E-state index in [1.807, 2.05) is 0 Å². The number of hydrogen-bond acceptors (Lipinski definition) is 5. The van der Waals surface area contributed by atoms with Gasteiger partial charge in [0.25, 0.3) is 5.91 Å². The minimum Gasteiger partial charge on any atom is -0.384 e. The van der Waals surface area contributed by atoms with Crippen LogP contribution in [0.4, 0.5) is 11.5 Å². The molecule has 104 valence electrons. The Morgan fingerprint density at radius 1 is 1.47 bits per heavy atom. The molecule has 0 spiro atoms. The van der Waals surface area contributed by atoms with Crippen molar-refractivity contribution in [1.29, 1.82) is 0 Å². The Hall–Kier alpha value is -1.82. The van der Waals surface area contributed by atoms with Gasteiger partial charge in [-0.3, -0.25) is 4.79 Å². The lowest BCUT2D eigenvalue weighted by atomic mass is 10.1. The standard InChI is InChI=1S/C13H21N5O/c1-9-8-17(2)4-3-5-18(9)11-7-16-12(14)6-10(11)13(15)19/h6-7,9H,3-5,8H2,1-2H3,(H2,14,16)(H2,15,19). The van der Waals surface area contributed by atoms with E-state index in [4.69, 9.17) is 11.5 Å². The van der Waals surface area contributed by atoms with Crippen LogP contribution in [0.3, 0.4) is 0 Å². The van der Waals surface area contributed by atoms with Crippen molar-refractivity contribution in [1.82, 2.24) is 9.88 Å². The molecule has 1 fully saturated rings. The van der Waals surface area contributed by atoms with E-state index < -0.39 is 5.91 Å². The van der Waals surface area contributed by atoms with Crippen LogP contribution in [0.2, 0.25) is 0 Å². The van der Waals surface area contributed by atoms with E-state index >= 15 is 0 Å². The fraction of sp³-hybridized carbons (Fsp3) is 0.538. The zero-order valence-electron chi connectivity index (χ0n) is 11.5. The molecule has 6 heteroatoms. The van der Waals surface area contributed by atoms with Crippen molar-refractivity contribution in [2.45, 2.75) is 19.4 Å². The number of anilines is 2. The summed E-state index contributed by atoms with van der Waals surface area (Å²) in [6.45, 7) is 5.03. The van der Waals surface area contributed by atoms with Crippen LogP contribution in [0.1, 0.15) is 23.7 Å². The summed E-state index contributed by atoms with van der Waals surface area (Å²) in [5.41, 5.74) is 12.3. The Bertz CT molecular complexity index is 476. The SMILES string of the molecule is CC1CN(C)CCCN1c1cnc(N)cc1C(N)=O. The minimum absolute atomic E-state index is 0.302. The molecule has 6 nitrogen and oxygen atoms in total. The zero-order chi connectivity index (χ0) is 14.0. The molecule has 1 aromatic heterocycles. The van der Waals surface area contributed by atoms with Crippen LogP contribution in [-0.2, 0) is 0 Å². The number of likely N-dealkylation sites (N-methyl/N-ethyl adjacent to an activating group) is 1. The molecular formula is C13H21N5O. The Labute approximate surface area is 113 Å². The summed E-state index contributed by atoms with van der Waals surface area (Å²) in [6, 6.07) is 1.86. The molecule has 1 aliphatic rings. The van der Waals surface area contributed by atoms with Gasteiger partial charge in [-0.1, -0.05) is 0 Å². The molecule has 1 aromatic rings. The van der Waals surface area contributed by atoms with E-state index in [9.17, 15) is 4.79 Å². The molecule has 4 N–H and O–H groups in total. The summed E-state index contributed by atoms with van der Waals surface area (Å²) in [4.78, 5) is 20.2. The number of pyridine rings is 1. The first-order valence-electron chi connectivity index (χ1n) is 6.49. The lowest BCUT2D eigenvalue weighted by molar-refractivity contribution is 0.100. The summed E-state index contributed by atoms with van der Waals surface area (Å²) >= 11 is 0. The van der Waals surface area contributed by atoms with Crippen LogP contribution >= 0.6 is 0 Å². The maximum atomic E-state index is 11.6. The smallest absolute Gasteiger partial charge is 0.251 e. The summed E-state index contributed by atoms with van der Waals surface area (Å²) in [5, 5.41) is 0. The van der Waals surface area contributed by atoms with E-state index in [2.05, 4.69) is 28.8 Å². The number of aromatic nitrogens is 1. The highest BCUT2D eigenvalue weighted by molar-refractivity contribution is 5.99. The molecule has 1 saturated heterocycles. The Morgan fingerprint density at radius 2 is 2.21 bits per heavy atom. The maximum absolute atomic E-state index is 11.6. The van der Waals surface area contributed by atoms with Crippen molar-refractivity contribution in [2.24, 2.45) is 5.73 Å². The topological polar surface area (TPSA) is 88.5 Å². The van der Waals surface area contributed by atoms with Gasteiger partial charge in [-0.15, -0.1) is 0 Å². The van der Waals surface area contributed by atoms with Gasteiger partial charge in [0.05, 0.1) is 17.4 Å². The minimum atomic E-state index is -0.464. The first kappa shape index (κ1) is 13.6. The molecular weight excluding hydrogens is 242 g/mol. The van der Waals surface area contributed by atoms with Gasteiger partial charge in [0.1, 0.15) is 5.82 Å². The first-order chi connectivity index (χ1) is 8.99. The molecule has 0 aromatic carbocycles. The lowest BCUT2D eigenvalue weighted by Gasteiger charge is -2.31. The van der Waals surface area contributed by atoms with Crippen LogP contribution in [-0.4, -0.2) is 48.5 Å². The van der Waals surface area contributed by atoms with Gasteiger partial charge in [-0.25, -0.2) is 4.98 Å². The Balaban J connectivity index is 2.37. The fourth-order valence-corrected chi connectivity index (χ4v) is 2.62. The van der Waals surface area contributed by atoms with Crippen molar-refractivity contribution < 1.29 is 4.79 Å². The van der Waals surface area contributed by atoms with E-state index in [1.165, 1.54) is 0 Å². The normalized spacial score (nSPS) is 21.2. The molecule has 0 bridgehead atoms. The highest BCUT2D eigenvalue weighted by Crippen LogP contribution is 2.24. The van der Waals surface area contributed by atoms with Crippen LogP contribution < -0.4 is 16.4 Å². The number of rotatable bonds is 2. The second-order valence-corrected chi connectivity index (χ2v) is 5.15. The van der Waals surface area contributed by atoms with E-state index in [-0.39, 0.29) is 0 Å². The van der Waals surface area contributed by atoms with Gasteiger partial charge in [0.15, 0.2) is 0 Å². The van der Waals surface area contributed by atoms with E-state index in [0.717, 1.165) is 31.7 Å². The number of nitrogens with zero attached hydrogens (tertiary/aromatic N) is 3. The first-order valence-corrected chi connectivity index (χ1v) is 6.49. The quantitative estimate of drug-likeness (QED) is 0.801. The molecule has 19 heavy (non-hydrogen) atoms. The molecule has 1 aliphatic heterocycles. The Morgan fingerprint density at radius 3 is 2.89 bits per heavy atom. The predicted octanol–water partition coefficient (Wildman–Crippen LogP) is 0.293. The molecule has 1 amide bonds. The van der Waals surface area contributed by atoms with Gasteiger partial charge in [-0.05, 0) is 33.0 Å². The van der Waals surface area contributed by atoms with Crippen molar-refractivity contribution in [3.05, 3.63) is 17.8 Å². The summed E-state index contributed by atoms with van der Waals surface area (Å²) in [5.74, 6) is -0.147. The third kappa shape index (κ3) is 2.96. The Kier molecular flexibility index (Phi) is 3.90. The number of nitrogens with two attached hydrogens (primary N) is 2. The number of hydrogen-bond donors (Lipinski definition) is 2. The summed E-state index contributed by atoms with van der Waals surface area (Å²) < 4.78 is 0. The number of carbonyl (C=O) groups is 1. The second kappa shape index (κ2) is 5.44. The maximum Gasteiger partial charge on any atom is 0.251 e. The third-order valence-corrected chi connectivity index (χ3v) is 3.53. The zero-order valence-corrected chi connectivity index (χ0v) is 11.5. The van der Waals surface area contributed by atoms with Crippen molar-refractivity contribution in [3.63, 3.8) is 0 Å². The number of primary amides is 1. The molecule has 0 aliphatic carbocycles. The monoisotopic (exact) mass is 263 g/mol. The van der Waals surface area contributed by atoms with Gasteiger partial charge in [0.2, 0.25) is 0 Å². The number of amides is 1. The van der Waals surface area contributed by atoms with Crippen molar-refractivity contribution >= 4 is 17.4 Å². The van der Waals surface area contributed by atoms with Gasteiger partial charge < -0.3 is 21.3 Å². The van der Waals surface area contributed by atoms with Crippen LogP contribution in [0.25, 0.3) is 0 Å². The highest BCUT2D eigenvalue weighted by Gasteiger charge is 2.23. The van der Waals surface area contributed by atoms with Crippen molar-refractivity contribution in [2.75, 3.05) is 37.3 Å². The molecule has 2 heterocycles. The second-order valence-electron chi connectivity index (χ2n) is 5.15. The van der Waals surface area contributed by atoms with Crippen molar-refractivity contribution in [3.8, 4) is 0 Å². The average molecular weight is 263 g/mol. The molecule has 2 rings (SSSR count). The van der Waals surface area contributed by atoms with Gasteiger partial charge in [0, 0.05) is 19.1 Å². The predicted molar refractivity (Wildman–Crippen MR) is 76.1 cm³/mol.